The Bertz CT molecular complexity index is 1220. The molecule has 0 aromatic carbocycles. The molecule has 4 aromatic heterocycles. The monoisotopic (exact) mass is 414 g/mol. The zero-order valence-corrected chi connectivity index (χ0v) is 18.0. The molecule has 0 spiro atoms. The highest BCUT2D eigenvalue weighted by Crippen LogP contribution is 2.26. The highest BCUT2D eigenvalue weighted by atomic mass is 32.1. The molecule has 6 heteroatoms. The minimum Gasteiger partial charge on any atom is -0.292 e. The summed E-state index contributed by atoms with van der Waals surface area (Å²) in [7, 11) is 0. The predicted molar refractivity (Wildman–Crippen MR) is 120 cm³/mol. The molecule has 0 saturated heterocycles. The summed E-state index contributed by atoms with van der Waals surface area (Å²) in [6.45, 7) is 5.97. The minimum absolute atomic E-state index is 0.0467. The first-order valence-electron chi connectivity index (χ1n) is 9.81. The first-order chi connectivity index (χ1) is 14.5. The molecule has 0 fully saturated rings. The fourth-order valence-corrected chi connectivity index (χ4v) is 4.18. The van der Waals surface area contributed by atoms with Gasteiger partial charge in [-0.15, -0.1) is 11.3 Å². The van der Waals surface area contributed by atoms with Crippen LogP contribution in [-0.2, 0) is 6.42 Å². The van der Waals surface area contributed by atoms with Gasteiger partial charge in [-0.3, -0.25) is 19.7 Å². The molecule has 4 rings (SSSR count). The Morgan fingerprint density at radius 2 is 1.83 bits per heavy atom. The van der Waals surface area contributed by atoms with Gasteiger partial charge in [-0.2, -0.15) is 0 Å². The van der Waals surface area contributed by atoms with Gasteiger partial charge in [0.1, 0.15) is 0 Å². The summed E-state index contributed by atoms with van der Waals surface area (Å²) >= 11 is 1.40. The van der Waals surface area contributed by atoms with Crippen LogP contribution in [0.5, 0.6) is 0 Å². The maximum Gasteiger partial charge on any atom is 0.191 e. The maximum absolute atomic E-state index is 12.6. The molecule has 0 radical (unpaired) electrons. The molecule has 30 heavy (non-hydrogen) atoms. The van der Waals surface area contributed by atoms with Crippen molar-refractivity contribution in [2.24, 2.45) is 0 Å². The Balaban J connectivity index is 1.44. The highest BCUT2D eigenvalue weighted by Gasteiger charge is 2.14. The number of rotatable bonds is 6. The van der Waals surface area contributed by atoms with Crippen molar-refractivity contribution in [3.63, 3.8) is 0 Å². The molecule has 0 amide bonds. The molecular weight excluding hydrogens is 392 g/mol. The molecule has 0 aliphatic carbocycles. The number of hydrogen-bond donors (Lipinski definition) is 0. The molecule has 5 nitrogen and oxygen atoms in total. The minimum atomic E-state index is 0.0467. The van der Waals surface area contributed by atoms with Crippen molar-refractivity contribution in [1.29, 1.82) is 0 Å². The number of nitrogens with zero attached hydrogens (tertiary/aromatic N) is 4. The Morgan fingerprint density at radius 3 is 2.60 bits per heavy atom. The smallest absolute Gasteiger partial charge is 0.191 e. The average Bonchev–Trinajstić information content (AvgIpc) is 3.22. The van der Waals surface area contributed by atoms with Crippen LogP contribution in [0, 0.1) is 20.8 Å². The molecule has 0 saturated carbocycles. The van der Waals surface area contributed by atoms with Crippen LogP contribution in [0.15, 0.2) is 55.0 Å². The standard InChI is InChI=1S/C24H22N4OS/c1-15-11-18(13-26-23(15)19-9-10-25-17(3)12-19)7-8-21(29)24-27-14-22(30-24)20-6-4-5-16(2)28-20/h4-6,9-14H,7-8H2,1-3H3. The summed E-state index contributed by atoms with van der Waals surface area (Å²) in [5, 5.41) is 0.530. The van der Waals surface area contributed by atoms with E-state index in [1.54, 1.807) is 12.4 Å². The SMILES string of the molecule is Cc1cc(-c2ncc(CCC(=O)c3ncc(-c4cccc(C)n4)s3)cc2C)ccn1. The van der Waals surface area contributed by atoms with Crippen LogP contribution in [0.3, 0.4) is 0 Å². The number of pyridine rings is 3. The van der Waals surface area contributed by atoms with Crippen LogP contribution in [0.1, 0.15) is 38.7 Å². The number of ketones is 1. The lowest BCUT2D eigenvalue weighted by molar-refractivity contribution is 0.0982. The van der Waals surface area contributed by atoms with Gasteiger partial charge >= 0.3 is 0 Å². The third-order valence-corrected chi connectivity index (χ3v) is 5.89. The zero-order chi connectivity index (χ0) is 21.1. The van der Waals surface area contributed by atoms with Crippen molar-refractivity contribution in [3.05, 3.63) is 82.5 Å². The first kappa shape index (κ1) is 20.0. The van der Waals surface area contributed by atoms with Crippen molar-refractivity contribution >= 4 is 17.1 Å². The molecule has 0 aliphatic rings. The van der Waals surface area contributed by atoms with E-state index in [1.165, 1.54) is 11.3 Å². The van der Waals surface area contributed by atoms with Crippen molar-refractivity contribution < 1.29 is 4.79 Å². The second-order valence-electron chi connectivity index (χ2n) is 7.31. The van der Waals surface area contributed by atoms with Crippen molar-refractivity contribution in [2.45, 2.75) is 33.6 Å². The van der Waals surface area contributed by atoms with Gasteiger partial charge in [0.15, 0.2) is 10.8 Å². The maximum atomic E-state index is 12.6. The number of hydrogen-bond acceptors (Lipinski definition) is 6. The van der Waals surface area contributed by atoms with Gasteiger partial charge in [0.05, 0.1) is 16.3 Å². The van der Waals surface area contributed by atoms with Gasteiger partial charge in [0.2, 0.25) is 0 Å². The number of thiazole rings is 1. The van der Waals surface area contributed by atoms with Crippen LogP contribution in [0.4, 0.5) is 0 Å². The Kier molecular flexibility index (Phi) is 5.77. The number of aryl methyl sites for hydroxylation is 4. The number of carbonyl (C=O) groups is 1. The number of Topliss-reactive ketones (excluding diaryl/α,β-unsaturated/α-hetero) is 1. The Labute approximate surface area is 179 Å². The van der Waals surface area contributed by atoms with Gasteiger partial charge in [-0.05, 0) is 62.6 Å². The second-order valence-corrected chi connectivity index (χ2v) is 8.34. The van der Waals surface area contributed by atoms with Crippen LogP contribution in [0.25, 0.3) is 21.8 Å². The first-order valence-corrected chi connectivity index (χ1v) is 10.6. The van der Waals surface area contributed by atoms with E-state index in [4.69, 9.17) is 0 Å². The van der Waals surface area contributed by atoms with Gasteiger partial charge in [-0.25, -0.2) is 4.98 Å². The second kappa shape index (κ2) is 8.63. The van der Waals surface area contributed by atoms with Crippen LogP contribution < -0.4 is 0 Å². The van der Waals surface area contributed by atoms with E-state index in [9.17, 15) is 4.79 Å². The lowest BCUT2D eigenvalue weighted by atomic mass is 10.0. The number of aromatic nitrogens is 4. The molecule has 4 aromatic rings. The molecule has 0 bridgehead atoms. The summed E-state index contributed by atoms with van der Waals surface area (Å²) in [4.78, 5) is 31.3. The normalized spacial score (nSPS) is 10.9. The molecule has 4 heterocycles. The third-order valence-electron chi connectivity index (χ3n) is 4.83. The quantitative estimate of drug-likeness (QED) is 0.395. The summed E-state index contributed by atoms with van der Waals surface area (Å²) < 4.78 is 0. The van der Waals surface area contributed by atoms with E-state index in [1.807, 2.05) is 57.3 Å². The van der Waals surface area contributed by atoms with Crippen LogP contribution in [0.2, 0.25) is 0 Å². The molecular formula is C24H22N4OS. The summed E-state index contributed by atoms with van der Waals surface area (Å²) in [6, 6.07) is 12.0. The van der Waals surface area contributed by atoms with E-state index in [0.717, 1.165) is 44.3 Å². The summed E-state index contributed by atoms with van der Waals surface area (Å²) in [5.74, 6) is 0.0467. The highest BCUT2D eigenvalue weighted by molar-refractivity contribution is 7.16. The van der Waals surface area contributed by atoms with Crippen molar-refractivity contribution in [2.75, 3.05) is 0 Å². The summed E-state index contributed by atoms with van der Waals surface area (Å²) in [6.07, 6.45) is 6.43. The van der Waals surface area contributed by atoms with Crippen molar-refractivity contribution in [1.82, 2.24) is 19.9 Å². The molecule has 0 N–H and O–H groups in total. The third kappa shape index (κ3) is 4.49. The van der Waals surface area contributed by atoms with Gasteiger partial charge in [0.25, 0.3) is 0 Å². The van der Waals surface area contributed by atoms with E-state index < -0.39 is 0 Å². The van der Waals surface area contributed by atoms with Gasteiger partial charge in [0, 0.05) is 42.0 Å². The molecule has 150 valence electrons. The predicted octanol–water partition coefficient (Wildman–Crippen LogP) is 5.40. The lowest BCUT2D eigenvalue weighted by Crippen LogP contribution is -2.01. The molecule has 0 atom stereocenters. The van der Waals surface area contributed by atoms with Crippen LogP contribution in [-0.4, -0.2) is 25.7 Å². The van der Waals surface area contributed by atoms with Gasteiger partial charge < -0.3 is 0 Å². The van der Waals surface area contributed by atoms with E-state index in [-0.39, 0.29) is 5.78 Å². The number of carbonyl (C=O) groups excluding carboxylic acids is 1. The Morgan fingerprint density at radius 1 is 0.967 bits per heavy atom. The van der Waals surface area contributed by atoms with Crippen LogP contribution >= 0.6 is 11.3 Å². The van der Waals surface area contributed by atoms with E-state index in [2.05, 4.69) is 26.0 Å². The zero-order valence-electron chi connectivity index (χ0n) is 17.2. The largest absolute Gasteiger partial charge is 0.292 e. The Hall–Kier alpha value is -3.25. The lowest BCUT2D eigenvalue weighted by Gasteiger charge is -2.08. The van der Waals surface area contributed by atoms with Crippen molar-refractivity contribution in [3.8, 4) is 21.8 Å². The fraction of sp³-hybridized carbons (Fsp3) is 0.208. The van der Waals surface area contributed by atoms with Gasteiger partial charge in [-0.1, -0.05) is 12.1 Å². The fourth-order valence-electron chi connectivity index (χ4n) is 3.33. The summed E-state index contributed by atoms with van der Waals surface area (Å²) in [5.41, 5.74) is 6.91. The molecule has 0 aliphatic heterocycles. The van der Waals surface area contributed by atoms with E-state index in [0.29, 0.717) is 17.8 Å². The van der Waals surface area contributed by atoms with E-state index >= 15 is 0 Å². The topological polar surface area (TPSA) is 68.6 Å². The molecule has 0 unspecified atom stereocenters. The average molecular weight is 415 g/mol.